The molecule has 0 aliphatic carbocycles. The summed E-state index contributed by atoms with van der Waals surface area (Å²) in [5, 5.41) is 4.51. The number of amides is 1. The molecule has 2 aromatic carbocycles. The van der Waals surface area contributed by atoms with Gasteiger partial charge in [0.05, 0.1) is 11.4 Å². The summed E-state index contributed by atoms with van der Waals surface area (Å²) >= 11 is 0. The summed E-state index contributed by atoms with van der Waals surface area (Å²) in [7, 11) is 0. The molecule has 0 fully saturated rings. The molecule has 0 saturated carbocycles. The number of rotatable bonds is 9. The van der Waals surface area contributed by atoms with E-state index in [1.54, 1.807) is 0 Å². The molecule has 6 heteroatoms. The van der Waals surface area contributed by atoms with Gasteiger partial charge < -0.3 is 14.7 Å². The van der Waals surface area contributed by atoms with Crippen molar-refractivity contribution in [1.29, 1.82) is 0 Å². The van der Waals surface area contributed by atoms with Crippen LogP contribution in [-0.2, 0) is 22.4 Å². The van der Waals surface area contributed by atoms with Gasteiger partial charge in [0.1, 0.15) is 6.10 Å². The Morgan fingerprint density at radius 2 is 1.43 bits per heavy atom. The van der Waals surface area contributed by atoms with Crippen molar-refractivity contribution in [1.82, 2.24) is 9.97 Å². The zero-order valence-corrected chi connectivity index (χ0v) is 30.4. The molecule has 2 aliphatic heterocycles. The molecule has 2 N–H and O–H groups in total. The summed E-state index contributed by atoms with van der Waals surface area (Å²) in [6, 6.07) is 14.9. The molecule has 2 aliphatic rings. The fourth-order valence-corrected chi connectivity index (χ4v) is 7.33. The highest BCUT2D eigenvalue weighted by Gasteiger charge is 2.24. The summed E-state index contributed by atoms with van der Waals surface area (Å²) in [4.78, 5) is 29.1. The fourth-order valence-electron chi connectivity index (χ4n) is 7.33. The van der Waals surface area contributed by atoms with Crippen LogP contribution in [0.2, 0.25) is 0 Å². The van der Waals surface area contributed by atoms with Gasteiger partial charge in [0, 0.05) is 33.2 Å². The monoisotopic (exact) mass is 652 g/mol. The van der Waals surface area contributed by atoms with E-state index < -0.39 is 0 Å². The number of aromatic nitrogens is 2. The number of ether oxygens (including phenoxy) is 1. The Labute approximate surface area is 289 Å². The van der Waals surface area contributed by atoms with Gasteiger partial charge in [-0.05, 0) is 134 Å². The highest BCUT2D eigenvalue weighted by atomic mass is 16.5. The average molecular weight is 653 g/mol. The van der Waals surface area contributed by atoms with Crippen molar-refractivity contribution in [2.24, 2.45) is 9.98 Å². The van der Waals surface area contributed by atoms with Crippen LogP contribution in [0.3, 0.4) is 0 Å². The maximum Gasteiger partial charge on any atom is 0.273 e. The van der Waals surface area contributed by atoms with Gasteiger partial charge in [0.15, 0.2) is 0 Å². The van der Waals surface area contributed by atoms with Crippen LogP contribution in [0.15, 0.2) is 80.4 Å². The van der Waals surface area contributed by atoms with E-state index in [-0.39, 0.29) is 12.0 Å². The van der Waals surface area contributed by atoms with E-state index in [2.05, 4.69) is 125 Å². The van der Waals surface area contributed by atoms with Gasteiger partial charge in [-0.3, -0.25) is 4.79 Å². The summed E-state index contributed by atoms with van der Waals surface area (Å²) in [6.07, 6.45) is 9.75. The highest BCUT2D eigenvalue weighted by molar-refractivity contribution is 6.30. The normalized spacial score (nSPS) is 17.3. The van der Waals surface area contributed by atoms with Crippen LogP contribution in [-0.4, -0.2) is 27.5 Å². The Kier molecular flexibility index (Phi) is 9.60. The number of allylic oxidation sites excluding steroid dienone is 2. The molecule has 49 heavy (non-hydrogen) atoms. The number of aliphatic imine (C=N–C) groups is 2. The molecule has 0 spiro atoms. The van der Waals surface area contributed by atoms with E-state index in [1.807, 2.05) is 13.0 Å². The van der Waals surface area contributed by atoms with Crippen LogP contribution in [0.25, 0.3) is 29.0 Å². The number of carbonyl (C=O) groups is 1. The first kappa shape index (κ1) is 33.9. The Balaban J connectivity index is 1.35. The van der Waals surface area contributed by atoms with Crippen molar-refractivity contribution >= 4 is 46.5 Å². The minimum absolute atomic E-state index is 0.133. The molecule has 4 heterocycles. The predicted octanol–water partition coefficient (Wildman–Crippen LogP) is 8.81. The van der Waals surface area contributed by atoms with Gasteiger partial charge in [-0.2, -0.15) is 0 Å². The second kappa shape index (κ2) is 13.9. The molecular weight excluding hydrogens is 604 g/mol. The molecular formula is C43H48N4O2. The molecule has 6 nitrogen and oxygen atoms in total. The molecule has 0 saturated heterocycles. The first-order valence-corrected chi connectivity index (χ1v) is 17.7. The topological polar surface area (TPSA) is 82.6 Å². The number of carbonyl (C=O) groups excluding carboxylic acids is 1. The van der Waals surface area contributed by atoms with Crippen molar-refractivity contribution in [2.75, 3.05) is 0 Å². The lowest BCUT2D eigenvalue weighted by molar-refractivity contribution is -0.114. The third-order valence-corrected chi connectivity index (χ3v) is 10.3. The lowest BCUT2D eigenvalue weighted by Crippen LogP contribution is -2.14. The number of hydrogen-bond acceptors (Lipinski definition) is 3. The second-order valence-electron chi connectivity index (χ2n) is 13.1. The van der Waals surface area contributed by atoms with Crippen LogP contribution in [0.1, 0.15) is 107 Å². The summed E-state index contributed by atoms with van der Waals surface area (Å²) < 4.78 is 6.53. The van der Waals surface area contributed by atoms with Crippen molar-refractivity contribution in [2.45, 2.75) is 94.1 Å². The van der Waals surface area contributed by atoms with Crippen molar-refractivity contribution in [3.05, 3.63) is 120 Å². The maximum atomic E-state index is 12.3. The quantitative estimate of drug-likeness (QED) is 0.189. The van der Waals surface area contributed by atoms with Gasteiger partial charge in [0.25, 0.3) is 5.91 Å². The van der Waals surface area contributed by atoms with Gasteiger partial charge in [-0.1, -0.05) is 64.1 Å². The van der Waals surface area contributed by atoms with Crippen molar-refractivity contribution in [3.8, 4) is 0 Å². The van der Waals surface area contributed by atoms with E-state index in [1.165, 1.54) is 38.6 Å². The number of benzene rings is 2. The van der Waals surface area contributed by atoms with Gasteiger partial charge in [-0.25, -0.2) is 9.98 Å². The number of nitrogens with one attached hydrogen (secondary N) is 2. The SMILES string of the molecule is CCC1=C(C)C(=O)N=C1/C=c1/[nH]/c(=C/c2[nH]c(/C=C3\N=C(O[C@H](C)c4ccc5ccccc5c4)C(C)=C3CC)c(C)c2CC)c(CC)c1C. The van der Waals surface area contributed by atoms with Crippen LogP contribution in [0, 0.1) is 13.8 Å². The Morgan fingerprint density at radius 1 is 0.714 bits per heavy atom. The second-order valence-corrected chi connectivity index (χ2v) is 13.1. The first-order valence-electron chi connectivity index (χ1n) is 17.7. The smallest absolute Gasteiger partial charge is 0.273 e. The third-order valence-electron chi connectivity index (χ3n) is 10.3. The third kappa shape index (κ3) is 6.32. The lowest BCUT2D eigenvalue weighted by atomic mass is 10.0. The summed E-state index contributed by atoms with van der Waals surface area (Å²) in [5.74, 6) is 0.561. The lowest BCUT2D eigenvalue weighted by Gasteiger charge is -2.16. The molecule has 0 radical (unpaired) electrons. The number of hydrogen-bond donors (Lipinski definition) is 2. The standard InChI is InChI=1S/C43H48N4O2/c1-10-32-24(5)36(21-40-34(12-3)26(7)42(48)46-40)44-38(32)23-39-33(11-2)25(6)37(45-39)22-41-35(13-4)27(8)43(47-41)49-28(9)30-19-18-29-16-14-15-17-31(29)20-30/h14-23,28,44-45H,10-13H2,1-9H3/b36-21+,38-23+,41-22-/t28-/m1/s1. The molecule has 4 aromatic rings. The Morgan fingerprint density at radius 3 is 2.12 bits per heavy atom. The molecule has 6 rings (SSSR count). The van der Waals surface area contributed by atoms with Gasteiger partial charge in [0.2, 0.25) is 5.90 Å². The Hall–Kier alpha value is -4.97. The van der Waals surface area contributed by atoms with E-state index in [9.17, 15) is 4.79 Å². The van der Waals surface area contributed by atoms with Gasteiger partial charge in [-0.15, -0.1) is 0 Å². The summed E-state index contributed by atoms with van der Waals surface area (Å²) in [5.41, 5.74) is 14.0. The van der Waals surface area contributed by atoms with Crippen LogP contribution < -0.4 is 10.7 Å². The Bertz CT molecular complexity index is 2260. The molecule has 0 bridgehead atoms. The molecule has 2 aromatic heterocycles. The van der Waals surface area contributed by atoms with Crippen molar-refractivity contribution in [3.63, 3.8) is 0 Å². The minimum atomic E-state index is -0.134. The summed E-state index contributed by atoms with van der Waals surface area (Å²) in [6.45, 7) is 19.1. The largest absolute Gasteiger partial charge is 0.470 e. The number of fused-ring (bicyclic) bond motifs is 1. The van der Waals surface area contributed by atoms with Crippen LogP contribution in [0.5, 0.6) is 0 Å². The van der Waals surface area contributed by atoms with Crippen LogP contribution in [0.4, 0.5) is 0 Å². The number of H-pyrrole nitrogens is 2. The number of aromatic amines is 2. The van der Waals surface area contributed by atoms with E-state index in [4.69, 9.17) is 9.73 Å². The highest BCUT2D eigenvalue weighted by Crippen LogP contribution is 2.34. The molecule has 252 valence electrons. The van der Waals surface area contributed by atoms with Crippen molar-refractivity contribution < 1.29 is 9.53 Å². The maximum absolute atomic E-state index is 12.3. The first-order chi connectivity index (χ1) is 23.6. The minimum Gasteiger partial charge on any atom is -0.470 e. The number of nitrogens with zero attached hydrogens (tertiary/aromatic N) is 2. The predicted molar refractivity (Wildman–Crippen MR) is 204 cm³/mol. The zero-order valence-electron chi connectivity index (χ0n) is 30.4. The van der Waals surface area contributed by atoms with Crippen LogP contribution >= 0.6 is 0 Å². The van der Waals surface area contributed by atoms with E-state index in [0.717, 1.165) is 81.5 Å². The zero-order chi connectivity index (χ0) is 35.0. The fraction of sp³-hybridized carbons (Fsp3) is 0.326. The van der Waals surface area contributed by atoms with Gasteiger partial charge >= 0.3 is 0 Å². The molecule has 1 atom stereocenters. The molecule has 1 amide bonds. The molecule has 0 unspecified atom stereocenters. The van der Waals surface area contributed by atoms with E-state index >= 15 is 0 Å². The van der Waals surface area contributed by atoms with E-state index in [0.29, 0.717) is 5.90 Å². The average Bonchev–Trinajstić information content (AvgIpc) is 3.76.